The van der Waals surface area contributed by atoms with Gasteiger partial charge in [0.1, 0.15) is 0 Å². The van der Waals surface area contributed by atoms with Crippen LogP contribution in [0.2, 0.25) is 0 Å². The van der Waals surface area contributed by atoms with Gasteiger partial charge in [-0.05, 0) is 12.3 Å². The van der Waals surface area contributed by atoms with Crippen molar-refractivity contribution in [3.8, 4) is 0 Å². The first-order valence-corrected chi connectivity index (χ1v) is 4.28. The first-order chi connectivity index (χ1) is 5.59. The molecule has 0 heterocycles. The second-order valence-corrected chi connectivity index (χ2v) is 3.64. The monoisotopic (exact) mass is 172 g/mol. The smallest absolute Gasteiger partial charge is 0.407 e. The molecule has 0 radical (unpaired) electrons. The molecule has 2 unspecified atom stereocenters. The fourth-order valence-electron chi connectivity index (χ4n) is 0.816. The maximum absolute atomic E-state index is 11.0. The van der Waals surface area contributed by atoms with E-state index in [9.17, 15) is 4.79 Å². The normalized spacial score (nSPS) is 27.0. The summed E-state index contributed by atoms with van der Waals surface area (Å²) in [5, 5.41) is 2.67. The minimum Gasteiger partial charge on any atom is -0.449 e. The second kappa shape index (κ2) is 3.76. The van der Waals surface area contributed by atoms with Gasteiger partial charge in [0, 0.05) is 12.1 Å². The lowest BCUT2D eigenvalue weighted by Gasteiger charge is -2.07. The highest BCUT2D eigenvalue weighted by Crippen LogP contribution is 2.17. The van der Waals surface area contributed by atoms with Crippen LogP contribution in [0.5, 0.6) is 0 Å². The van der Waals surface area contributed by atoms with Gasteiger partial charge in [0.2, 0.25) is 0 Å². The van der Waals surface area contributed by atoms with E-state index in [0.29, 0.717) is 12.5 Å². The molecule has 1 aliphatic rings. The highest BCUT2D eigenvalue weighted by molar-refractivity contribution is 5.68. The van der Waals surface area contributed by atoms with Gasteiger partial charge in [-0.15, -0.1) is 0 Å². The molecule has 0 saturated heterocycles. The van der Waals surface area contributed by atoms with Crippen molar-refractivity contribution in [2.45, 2.75) is 32.4 Å². The van der Waals surface area contributed by atoms with Crippen molar-refractivity contribution in [1.29, 1.82) is 0 Å². The molecule has 3 N–H and O–H groups in total. The topological polar surface area (TPSA) is 64.3 Å². The third kappa shape index (κ3) is 3.09. The molecule has 2 atom stereocenters. The summed E-state index contributed by atoms with van der Waals surface area (Å²) in [6.07, 6.45) is 0.526. The average Bonchev–Trinajstić information content (AvgIpc) is 2.62. The van der Waals surface area contributed by atoms with E-state index in [4.69, 9.17) is 10.5 Å². The molecular weight excluding hydrogens is 156 g/mol. The standard InChI is InChI=1S/C8H16N2O2/c1-5(2)4-12-8(11)10-7-3-6(7)9/h5-7H,3-4,9H2,1-2H3,(H,10,11). The third-order valence-electron chi connectivity index (χ3n) is 1.69. The molecule has 1 saturated carbocycles. The number of alkyl carbamates (subject to hydrolysis) is 1. The zero-order chi connectivity index (χ0) is 9.14. The minimum atomic E-state index is -0.346. The molecule has 70 valence electrons. The molecule has 0 aromatic carbocycles. The van der Waals surface area contributed by atoms with E-state index in [1.54, 1.807) is 0 Å². The number of ether oxygens (including phenoxy) is 1. The summed E-state index contributed by atoms with van der Waals surface area (Å²) in [4.78, 5) is 11.0. The van der Waals surface area contributed by atoms with Crippen molar-refractivity contribution >= 4 is 6.09 Å². The van der Waals surface area contributed by atoms with Gasteiger partial charge >= 0.3 is 6.09 Å². The van der Waals surface area contributed by atoms with Crippen LogP contribution in [-0.4, -0.2) is 24.8 Å². The minimum absolute atomic E-state index is 0.136. The van der Waals surface area contributed by atoms with Crippen molar-refractivity contribution in [2.24, 2.45) is 11.7 Å². The Morgan fingerprint density at radius 3 is 2.75 bits per heavy atom. The molecule has 0 aliphatic heterocycles. The number of hydrogen-bond acceptors (Lipinski definition) is 3. The van der Waals surface area contributed by atoms with E-state index in [-0.39, 0.29) is 18.2 Å². The molecule has 1 fully saturated rings. The summed E-state index contributed by atoms with van der Waals surface area (Å²) in [7, 11) is 0. The van der Waals surface area contributed by atoms with E-state index < -0.39 is 0 Å². The molecule has 1 rings (SSSR count). The summed E-state index contributed by atoms with van der Waals surface area (Å²) in [6.45, 7) is 4.46. The molecule has 1 amide bonds. The fourth-order valence-corrected chi connectivity index (χ4v) is 0.816. The number of hydrogen-bond donors (Lipinski definition) is 2. The number of rotatable bonds is 3. The van der Waals surface area contributed by atoms with Crippen LogP contribution in [0.4, 0.5) is 4.79 Å². The summed E-state index contributed by atoms with van der Waals surface area (Å²) >= 11 is 0. The van der Waals surface area contributed by atoms with Crippen LogP contribution >= 0.6 is 0 Å². The van der Waals surface area contributed by atoms with Gasteiger partial charge in [0.15, 0.2) is 0 Å². The van der Waals surface area contributed by atoms with E-state index in [0.717, 1.165) is 6.42 Å². The zero-order valence-corrected chi connectivity index (χ0v) is 7.54. The van der Waals surface area contributed by atoms with Crippen molar-refractivity contribution in [1.82, 2.24) is 5.32 Å². The molecule has 1 aliphatic carbocycles. The second-order valence-electron chi connectivity index (χ2n) is 3.64. The van der Waals surface area contributed by atoms with Crippen LogP contribution in [0.15, 0.2) is 0 Å². The lowest BCUT2D eigenvalue weighted by Crippen LogP contribution is -2.31. The van der Waals surface area contributed by atoms with E-state index >= 15 is 0 Å². The Labute approximate surface area is 72.5 Å². The van der Waals surface area contributed by atoms with Crippen LogP contribution in [0.3, 0.4) is 0 Å². The highest BCUT2D eigenvalue weighted by atomic mass is 16.5. The number of nitrogens with one attached hydrogen (secondary N) is 1. The molecule has 0 aromatic heterocycles. The Bertz CT molecular complexity index is 170. The van der Waals surface area contributed by atoms with E-state index in [1.165, 1.54) is 0 Å². The van der Waals surface area contributed by atoms with Crippen LogP contribution in [0.25, 0.3) is 0 Å². The van der Waals surface area contributed by atoms with Crippen molar-refractivity contribution in [3.05, 3.63) is 0 Å². The van der Waals surface area contributed by atoms with Crippen LogP contribution in [0, 0.1) is 5.92 Å². The summed E-state index contributed by atoms with van der Waals surface area (Å²) in [6, 6.07) is 0.279. The average molecular weight is 172 g/mol. The Morgan fingerprint density at radius 1 is 1.75 bits per heavy atom. The lowest BCUT2D eigenvalue weighted by atomic mass is 10.2. The summed E-state index contributed by atoms with van der Waals surface area (Å²) in [5.74, 6) is 0.378. The van der Waals surface area contributed by atoms with Crippen molar-refractivity contribution in [2.75, 3.05) is 6.61 Å². The van der Waals surface area contributed by atoms with Crippen LogP contribution in [-0.2, 0) is 4.74 Å². The quantitative estimate of drug-likeness (QED) is 0.650. The van der Waals surface area contributed by atoms with Gasteiger partial charge in [-0.3, -0.25) is 0 Å². The van der Waals surface area contributed by atoms with Crippen LogP contribution < -0.4 is 11.1 Å². The third-order valence-corrected chi connectivity index (χ3v) is 1.69. The summed E-state index contributed by atoms with van der Waals surface area (Å²) in [5.41, 5.74) is 5.50. The van der Waals surface area contributed by atoms with E-state index in [1.807, 2.05) is 13.8 Å². The summed E-state index contributed by atoms with van der Waals surface area (Å²) < 4.78 is 4.90. The molecule has 4 heteroatoms. The number of amides is 1. The molecule has 0 spiro atoms. The van der Waals surface area contributed by atoms with Gasteiger partial charge in [-0.25, -0.2) is 4.79 Å². The Balaban J connectivity index is 2.04. The first-order valence-electron chi connectivity index (χ1n) is 4.28. The van der Waals surface area contributed by atoms with Crippen molar-refractivity contribution < 1.29 is 9.53 Å². The molecule has 0 bridgehead atoms. The zero-order valence-electron chi connectivity index (χ0n) is 7.54. The predicted octanol–water partition coefficient (Wildman–Crippen LogP) is 0.468. The van der Waals surface area contributed by atoms with Gasteiger partial charge in [0.05, 0.1) is 6.61 Å². The fraction of sp³-hybridized carbons (Fsp3) is 0.875. The SMILES string of the molecule is CC(C)COC(=O)NC1CC1N. The molecule has 4 nitrogen and oxygen atoms in total. The Hall–Kier alpha value is -0.770. The lowest BCUT2D eigenvalue weighted by molar-refractivity contribution is 0.132. The van der Waals surface area contributed by atoms with Gasteiger partial charge in [-0.2, -0.15) is 0 Å². The maximum Gasteiger partial charge on any atom is 0.407 e. The van der Waals surface area contributed by atoms with Gasteiger partial charge in [-0.1, -0.05) is 13.8 Å². The largest absolute Gasteiger partial charge is 0.449 e. The van der Waals surface area contributed by atoms with E-state index in [2.05, 4.69) is 5.32 Å². The predicted molar refractivity (Wildman–Crippen MR) is 45.7 cm³/mol. The number of nitrogens with two attached hydrogens (primary N) is 1. The van der Waals surface area contributed by atoms with Crippen molar-refractivity contribution in [3.63, 3.8) is 0 Å². The molecular formula is C8H16N2O2. The number of carbonyl (C=O) groups excluding carboxylic acids is 1. The number of carbonyl (C=O) groups is 1. The Kier molecular flexibility index (Phi) is 2.92. The Morgan fingerprint density at radius 2 is 2.33 bits per heavy atom. The highest BCUT2D eigenvalue weighted by Gasteiger charge is 2.35. The van der Waals surface area contributed by atoms with Gasteiger partial charge in [0.25, 0.3) is 0 Å². The van der Waals surface area contributed by atoms with Gasteiger partial charge < -0.3 is 15.8 Å². The van der Waals surface area contributed by atoms with Crippen LogP contribution in [0.1, 0.15) is 20.3 Å². The first kappa shape index (κ1) is 9.32. The molecule has 0 aromatic rings. The maximum atomic E-state index is 11.0. The molecule has 12 heavy (non-hydrogen) atoms.